The average molecular weight is 375 g/mol. The van der Waals surface area contributed by atoms with Crippen LogP contribution in [-0.2, 0) is 11.3 Å². The monoisotopic (exact) mass is 374 g/mol. The highest BCUT2D eigenvalue weighted by Gasteiger charge is 2.07. The second-order valence-corrected chi connectivity index (χ2v) is 7.69. The number of amides is 1. The van der Waals surface area contributed by atoms with E-state index in [2.05, 4.69) is 17.1 Å². The molecule has 0 saturated heterocycles. The van der Waals surface area contributed by atoms with Crippen molar-refractivity contribution in [1.29, 1.82) is 0 Å². The largest absolute Gasteiger partial charge is 0.317 e. The van der Waals surface area contributed by atoms with Gasteiger partial charge in [0.1, 0.15) is 5.82 Å². The first-order valence-corrected chi connectivity index (χ1v) is 10.0. The van der Waals surface area contributed by atoms with Crippen LogP contribution >= 0.6 is 23.1 Å². The number of aromatic nitrogens is 1. The molecule has 1 amide bonds. The molecule has 3 rings (SSSR count). The second-order valence-electron chi connectivity index (χ2n) is 5.51. The number of carbonyl (C=O) groups is 1. The summed E-state index contributed by atoms with van der Waals surface area (Å²) in [6.07, 6.45) is 1.21. The highest BCUT2D eigenvalue weighted by molar-refractivity contribution is 7.99. The second kappa shape index (κ2) is 8.45. The van der Waals surface area contributed by atoms with Crippen LogP contribution in [0.25, 0.3) is 10.2 Å². The van der Waals surface area contributed by atoms with Crippen molar-refractivity contribution >= 4 is 39.2 Å². The van der Waals surface area contributed by atoms with Gasteiger partial charge in [-0.3, -0.25) is 4.79 Å². The lowest BCUT2D eigenvalue weighted by Gasteiger charge is -2.01. The molecule has 25 heavy (non-hydrogen) atoms. The number of thioether (sulfide) groups is 1. The number of rotatable bonds is 6. The Morgan fingerprint density at radius 3 is 2.80 bits per heavy atom. The van der Waals surface area contributed by atoms with Gasteiger partial charge in [-0.05, 0) is 49.4 Å². The zero-order chi connectivity index (χ0) is 17.6. The van der Waals surface area contributed by atoms with Gasteiger partial charge in [-0.25, -0.2) is 4.39 Å². The molecule has 0 aliphatic heterocycles. The summed E-state index contributed by atoms with van der Waals surface area (Å²) in [5, 5.41) is 0. The van der Waals surface area contributed by atoms with Gasteiger partial charge in [0, 0.05) is 17.9 Å². The zero-order valence-electron chi connectivity index (χ0n) is 13.9. The van der Waals surface area contributed by atoms with Crippen molar-refractivity contribution in [2.24, 2.45) is 4.99 Å². The average Bonchev–Trinajstić information content (AvgIpc) is 2.95. The predicted octanol–water partition coefficient (Wildman–Crippen LogP) is 4.86. The summed E-state index contributed by atoms with van der Waals surface area (Å²) in [5.41, 5.74) is 0.917. The number of carbonyl (C=O) groups excluding carboxylic acids is 1. The van der Waals surface area contributed by atoms with Gasteiger partial charge in [0.15, 0.2) is 4.80 Å². The minimum absolute atomic E-state index is 0.122. The van der Waals surface area contributed by atoms with Crippen molar-refractivity contribution in [3.05, 3.63) is 59.1 Å². The quantitative estimate of drug-likeness (QED) is 0.456. The topological polar surface area (TPSA) is 34.4 Å². The third-order valence-corrected chi connectivity index (χ3v) is 5.87. The fraction of sp³-hybridized carbons (Fsp3) is 0.263. The normalized spacial score (nSPS) is 12.0. The van der Waals surface area contributed by atoms with Gasteiger partial charge in [0.05, 0.1) is 10.2 Å². The maximum Gasteiger partial charge on any atom is 0.248 e. The fourth-order valence-corrected chi connectivity index (χ4v) is 4.54. The van der Waals surface area contributed by atoms with Crippen LogP contribution in [0.5, 0.6) is 0 Å². The summed E-state index contributed by atoms with van der Waals surface area (Å²) in [5.74, 6) is 0.493. The van der Waals surface area contributed by atoms with Crippen molar-refractivity contribution in [2.75, 3.05) is 5.75 Å². The Labute approximate surface area is 154 Å². The Balaban J connectivity index is 1.65. The SMILES string of the molecule is CCn1c(=NC(=O)CCCSc2ccccc2)sc2cc(F)ccc21. The van der Waals surface area contributed by atoms with Crippen LogP contribution in [0.3, 0.4) is 0 Å². The van der Waals surface area contributed by atoms with Gasteiger partial charge < -0.3 is 4.57 Å². The van der Waals surface area contributed by atoms with E-state index in [0.717, 1.165) is 22.4 Å². The number of halogens is 1. The van der Waals surface area contributed by atoms with Gasteiger partial charge in [0.2, 0.25) is 5.91 Å². The van der Waals surface area contributed by atoms with Crippen molar-refractivity contribution < 1.29 is 9.18 Å². The first-order valence-electron chi connectivity index (χ1n) is 8.21. The molecule has 0 fully saturated rings. The van der Waals surface area contributed by atoms with E-state index in [1.54, 1.807) is 17.8 Å². The lowest BCUT2D eigenvalue weighted by atomic mass is 10.3. The summed E-state index contributed by atoms with van der Waals surface area (Å²) >= 11 is 3.10. The minimum atomic E-state index is -0.271. The molecule has 0 saturated carbocycles. The molecule has 130 valence electrons. The molecule has 0 N–H and O–H groups in total. The van der Waals surface area contributed by atoms with E-state index in [0.29, 0.717) is 17.8 Å². The summed E-state index contributed by atoms with van der Waals surface area (Å²) in [4.78, 5) is 18.3. The summed E-state index contributed by atoms with van der Waals surface area (Å²) in [6.45, 7) is 2.69. The molecular formula is C19H19FN2OS2. The number of thiazole rings is 1. The van der Waals surface area contributed by atoms with E-state index in [-0.39, 0.29) is 11.7 Å². The molecule has 3 nitrogen and oxygen atoms in total. The molecule has 3 aromatic rings. The van der Waals surface area contributed by atoms with Gasteiger partial charge in [0.25, 0.3) is 0 Å². The van der Waals surface area contributed by atoms with Gasteiger partial charge in [-0.15, -0.1) is 11.8 Å². The van der Waals surface area contributed by atoms with Crippen LogP contribution in [0.2, 0.25) is 0 Å². The van der Waals surface area contributed by atoms with E-state index < -0.39 is 0 Å². The highest BCUT2D eigenvalue weighted by Crippen LogP contribution is 2.20. The van der Waals surface area contributed by atoms with Crippen molar-refractivity contribution in [3.8, 4) is 0 Å². The third kappa shape index (κ3) is 4.58. The van der Waals surface area contributed by atoms with Crippen LogP contribution in [0.4, 0.5) is 4.39 Å². The van der Waals surface area contributed by atoms with Crippen molar-refractivity contribution in [3.63, 3.8) is 0 Å². The molecule has 0 aliphatic rings. The van der Waals surface area contributed by atoms with E-state index in [9.17, 15) is 9.18 Å². The lowest BCUT2D eigenvalue weighted by Crippen LogP contribution is -2.15. The molecule has 0 atom stereocenters. The number of hydrogen-bond acceptors (Lipinski definition) is 3. The number of fused-ring (bicyclic) bond motifs is 1. The van der Waals surface area contributed by atoms with Gasteiger partial charge in [-0.2, -0.15) is 4.99 Å². The van der Waals surface area contributed by atoms with E-state index in [4.69, 9.17) is 0 Å². The molecule has 0 unspecified atom stereocenters. The van der Waals surface area contributed by atoms with Crippen LogP contribution in [0.1, 0.15) is 19.8 Å². The van der Waals surface area contributed by atoms with Crippen molar-refractivity contribution in [2.45, 2.75) is 31.2 Å². The standard InChI is InChI=1S/C19H19FN2OS2/c1-2-22-16-11-10-14(20)13-17(16)25-19(22)21-18(23)9-6-12-24-15-7-4-3-5-8-15/h3-5,7-8,10-11,13H,2,6,9,12H2,1H3. The molecule has 1 heterocycles. The molecular weight excluding hydrogens is 355 g/mol. The first-order chi connectivity index (χ1) is 12.2. The minimum Gasteiger partial charge on any atom is -0.317 e. The fourth-order valence-electron chi connectivity index (χ4n) is 2.53. The van der Waals surface area contributed by atoms with Crippen LogP contribution in [0, 0.1) is 5.82 Å². The molecule has 0 aliphatic carbocycles. The summed E-state index contributed by atoms with van der Waals surface area (Å²) in [7, 11) is 0. The van der Waals surface area contributed by atoms with Crippen LogP contribution in [-0.4, -0.2) is 16.2 Å². The maximum atomic E-state index is 13.4. The Morgan fingerprint density at radius 1 is 1.24 bits per heavy atom. The molecule has 1 aromatic heterocycles. The van der Waals surface area contributed by atoms with E-state index in [1.165, 1.54) is 28.4 Å². The van der Waals surface area contributed by atoms with Gasteiger partial charge in [-0.1, -0.05) is 29.5 Å². The van der Waals surface area contributed by atoms with Crippen molar-refractivity contribution in [1.82, 2.24) is 4.57 Å². The molecule has 0 spiro atoms. The Kier molecular flexibility index (Phi) is 6.04. The predicted molar refractivity (Wildman–Crippen MR) is 102 cm³/mol. The summed E-state index contributed by atoms with van der Waals surface area (Å²) < 4.78 is 16.2. The first kappa shape index (κ1) is 17.9. The van der Waals surface area contributed by atoms with E-state index in [1.807, 2.05) is 29.7 Å². The Hall–Kier alpha value is -1.92. The van der Waals surface area contributed by atoms with Gasteiger partial charge >= 0.3 is 0 Å². The number of benzene rings is 2. The molecule has 0 radical (unpaired) electrons. The number of hydrogen-bond donors (Lipinski definition) is 0. The maximum absolute atomic E-state index is 13.4. The number of nitrogens with zero attached hydrogens (tertiary/aromatic N) is 2. The third-order valence-electron chi connectivity index (χ3n) is 3.73. The zero-order valence-corrected chi connectivity index (χ0v) is 15.6. The molecule has 0 bridgehead atoms. The van der Waals surface area contributed by atoms with Crippen LogP contribution < -0.4 is 4.80 Å². The Morgan fingerprint density at radius 2 is 2.04 bits per heavy atom. The summed E-state index contributed by atoms with van der Waals surface area (Å²) in [6, 6.07) is 14.8. The highest BCUT2D eigenvalue weighted by atomic mass is 32.2. The molecule has 6 heteroatoms. The van der Waals surface area contributed by atoms with Crippen LogP contribution in [0.15, 0.2) is 58.4 Å². The molecule has 2 aromatic carbocycles. The number of aryl methyl sites for hydroxylation is 1. The Bertz CT molecular complexity index is 931. The van der Waals surface area contributed by atoms with E-state index >= 15 is 0 Å². The smallest absolute Gasteiger partial charge is 0.248 e. The lowest BCUT2D eigenvalue weighted by molar-refractivity contribution is -0.118.